The van der Waals surface area contributed by atoms with E-state index < -0.39 is 15.3 Å². The van der Waals surface area contributed by atoms with Crippen LogP contribution in [0.25, 0.3) is 0 Å². The first-order valence-corrected chi connectivity index (χ1v) is 10.9. The van der Waals surface area contributed by atoms with Gasteiger partial charge in [-0.3, -0.25) is 4.79 Å². The predicted octanol–water partition coefficient (Wildman–Crippen LogP) is 3.23. The van der Waals surface area contributed by atoms with Crippen LogP contribution in [0.2, 0.25) is 0 Å². The number of hydrogen-bond acceptors (Lipinski definition) is 4. The van der Waals surface area contributed by atoms with Gasteiger partial charge in [0, 0.05) is 24.7 Å². The van der Waals surface area contributed by atoms with Crippen molar-refractivity contribution < 1.29 is 17.9 Å². The van der Waals surface area contributed by atoms with Gasteiger partial charge in [-0.15, -0.1) is 0 Å². The van der Waals surface area contributed by atoms with Crippen LogP contribution in [-0.2, 0) is 23.5 Å². The van der Waals surface area contributed by atoms with E-state index in [9.17, 15) is 13.2 Å². The summed E-state index contributed by atoms with van der Waals surface area (Å²) in [6.45, 7) is 2.45. The van der Waals surface area contributed by atoms with Crippen LogP contribution >= 0.6 is 0 Å². The maximum absolute atomic E-state index is 12.9. The Kier molecular flexibility index (Phi) is 6.20. The maximum Gasteiger partial charge on any atom is 0.216 e. The van der Waals surface area contributed by atoms with Gasteiger partial charge in [0.05, 0.1) is 12.3 Å². The number of primary sulfonamides is 1. The summed E-state index contributed by atoms with van der Waals surface area (Å²) in [7, 11) is -2.07. The number of ether oxygens (including phenoxy) is 1. The number of hydrogen-bond donors (Lipinski definition) is 1. The fraction of sp³-hybridized carbons (Fsp3) is 0.227. The summed E-state index contributed by atoms with van der Waals surface area (Å²) in [5, 5.41) is 4.61. The molecule has 0 aliphatic heterocycles. The highest BCUT2D eigenvalue weighted by Crippen LogP contribution is 2.26. The first kappa shape index (κ1) is 20.8. The largest absolute Gasteiger partial charge is 0.494 e. The molecule has 1 aromatic heterocycles. The molecule has 3 aromatic rings. The molecular weight excluding hydrogens is 388 g/mol. The van der Waals surface area contributed by atoms with Crippen LogP contribution in [0.4, 0.5) is 0 Å². The number of rotatable bonds is 8. The maximum atomic E-state index is 12.9. The zero-order chi connectivity index (χ0) is 21.0. The van der Waals surface area contributed by atoms with E-state index in [1.54, 1.807) is 72.3 Å². The average molecular weight is 413 g/mol. The molecule has 0 radical (unpaired) electrons. The molecule has 0 fully saturated rings. The van der Waals surface area contributed by atoms with Crippen molar-refractivity contribution in [1.29, 1.82) is 0 Å². The first-order valence-electron chi connectivity index (χ1n) is 9.30. The normalized spacial score (nSPS) is 12.5. The minimum absolute atomic E-state index is 0.145. The Morgan fingerprint density at radius 2 is 1.69 bits per heavy atom. The van der Waals surface area contributed by atoms with Crippen LogP contribution < -0.4 is 9.88 Å². The molecule has 0 aliphatic carbocycles. The fourth-order valence-electron chi connectivity index (χ4n) is 3.28. The molecule has 0 saturated carbocycles. The Morgan fingerprint density at radius 1 is 1.03 bits per heavy atom. The van der Waals surface area contributed by atoms with Crippen molar-refractivity contribution in [3.05, 3.63) is 89.2 Å². The highest BCUT2D eigenvalue weighted by Gasteiger charge is 2.26. The molecule has 0 saturated heterocycles. The van der Waals surface area contributed by atoms with Crippen LogP contribution in [0.5, 0.6) is 5.75 Å². The van der Waals surface area contributed by atoms with Gasteiger partial charge >= 0.3 is 0 Å². The second kappa shape index (κ2) is 8.63. The topological polar surface area (TPSA) is 91.4 Å². The lowest BCUT2D eigenvalue weighted by molar-refractivity contribution is 0.103. The standard InChI is InChI=1S/C22H24N2O4S/c1-3-28-19-12-9-17(10-13-19)22(25)20-14-11-18(24(20)2)15-21(29(23,26)27)16-7-5-4-6-8-16/h4-14,21H,3,15H2,1-2H3,(H2,23,26,27). The van der Waals surface area contributed by atoms with Gasteiger partial charge in [-0.25, -0.2) is 13.6 Å². The summed E-state index contributed by atoms with van der Waals surface area (Å²) < 4.78 is 31.5. The zero-order valence-corrected chi connectivity index (χ0v) is 17.2. The second-order valence-electron chi connectivity index (χ2n) is 6.75. The number of sulfonamides is 1. The van der Waals surface area contributed by atoms with Crippen LogP contribution in [0.15, 0.2) is 66.7 Å². The minimum Gasteiger partial charge on any atom is -0.494 e. The third kappa shape index (κ3) is 4.75. The van der Waals surface area contributed by atoms with E-state index in [1.807, 2.05) is 13.0 Å². The quantitative estimate of drug-likeness (QED) is 0.575. The number of nitrogens with zero attached hydrogens (tertiary/aromatic N) is 1. The summed E-state index contributed by atoms with van der Waals surface area (Å²) in [6.07, 6.45) is 0.176. The average Bonchev–Trinajstić information content (AvgIpc) is 3.06. The summed E-state index contributed by atoms with van der Waals surface area (Å²) in [5.74, 6) is 0.559. The number of aromatic nitrogens is 1. The summed E-state index contributed by atoms with van der Waals surface area (Å²) in [6, 6.07) is 19.3. The molecule has 152 valence electrons. The molecule has 1 unspecified atom stereocenters. The Labute approximate surface area is 171 Å². The van der Waals surface area contributed by atoms with E-state index in [0.717, 1.165) is 0 Å². The third-order valence-corrected chi connectivity index (χ3v) is 6.08. The van der Waals surface area contributed by atoms with Crippen molar-refractivity contribution >= 4 is 15.8 Å². The second-order valence-corrected chi connectivity index (χ2v) is 8.50. The minimum atomic E-state index is -3.82. The van der Waals surface area contributed by atoms with Crippen molar-refractivity contribution in [3.8, 4) is 5.75 Å². The van der Waals surface area contributed by atoms with Gasteiger partial charge in [0.2, 0.25) is 15.8 Å². The van der Waals surface area contributed by atoms with Gasteiger partial charge in [-0.2, -0.15) is 0 Å². The molecule has 1 atom stereocenters. The third-order valence-electron chi connectivity index (χ3n) is 4.85. The number of carbonyl (C=O) groups is 1. The van der Waals surface area contributed by atoms with Gasteiger partial charge < -0.3 is 9.30 Å². The lowest BCUT2D eigenvalue weighted by Gasteiger charge is -2.16. The fourth-order valence-corrected chi connectivity index (χ4v) is 4.22. The van der Waals surface area contributed by atoms with Crippen molar-refractivity contribution in [2.45, 2.75) is 18.6 Å². The molecule has 29 heavy (non-hydrogen) atoms. The van der Waals surface area contributed by atoms with E-state index in [2.05, 4.69) is 0 Å². The highest BCUT2D eigenvalue weighted by molar-refractivity contribution is 7.89. The first-order chi connectivity index (χ1) is 13.8. The molecule has 7 heteroatoms. The van der Waals surface area contributed by atoms with Gasteiger partial charge in [-0.05, 0) is 48.9 Å². The molecular formula is C22H24N2O4S. The van der Waals surface area contributed by atoms with E-state index in [0.29, 0.717) is 34.9 Å². The van der Waals surface area contributed by atoms with E-state index >= 15 is 0 Å². The SMILES string of the molecule is CCOc1ccc(C(=O)c2ccc(CC(c3ccccc3)S(N)(=O)=O)n2C)cc1. The lowest BCUT2D eigenvalue weighted by atomic mass is 10.1. The molecule has 0 spiro atoms. The smallest absolute Gasteiger partial charge is 0.216 e. The number of nitrogens with two attached hydrogens (primary N) is 1. The summed E-state index contributed by atoms with van der Waals surface area (Å²) >= 11 is 0. The van der Waals surface area contributed by atoms with Gasteiger partial charge in [0.15, 0.2) is 0 Å². The Bertz CT molecular complexity index is 1090. The van der Waals surface area contributed by atoms with Crippen LogP contribution in [0.3, 0.4) is 0 Å². The van der Waals surface area contributed by atoms with Crippen molar-refractivity contribution in [1.82, 2.24) is 4.57 Å². The molecule has 0 bridgehead atoms. The Balaban J connectivity index is 1.87. The van der Waals surface area contributed by atoms with Crippen molar-refractivity contribution in [2.24, 2.45) is 12.2 Å². The zero-order valence-electron chi connectivity index (χ0n) is 16.4. The number of benzene rings is 2. The molecule has 2 aromatic carbocycles. The van der Waals surface area contributed by atoms with E-state index in [4.69, 9.17) is 9.88 Å². The van der Waals surface area contributed by atoms with E-state index in [1.165, 1.54) is 0 Å². The van der Waals surface area contributed by atoms with Crippen molar-refractivity contribution in [2.75, 3.05) is 6.61 Å². The van der Waals surface area contributed by atoms with E-state index in [-0.39, 0.29) is 12.2 Å². The Morgan fingerprint density at radius 3 is 2.28 bits per heavy atom. The van der Waals surface area contributed by atoms with Crippen LogP contribution in [0.1, 0.15) is 39.5 Å². The monoisotopic (exact) mass is 412 g/mol. The molecule has 1 heterocycles. The Hall–Kier alpha value is -2.90. The number of ketones is 1. The van der Waals surface area contributed by atoms with Crippen LogP contribution in [0, 0.1) is 0 Å². The molecule has 3 rings (SSSR count). The predicted molar refractivity (Wildman–Crippen MR) is 112 cm³/mol. The lowest BCUT2D eigenvalue weighted by Crippen LogP contribution is -2.24. The van der Waals surface area contributed by atoms with Gasteiger partial charge in [0.1, 0.15) is 11.0 Å². The van der Waals surface area contributed by atoms with Gasteiger partial charge in [-0.1, -0.05) is 30.3 Å². The molecule has 0 amide bonds. The number of carbonyl (C=O) groups excluding carboxylic acids is 1. The molecule has 0 aliphatic rings. The molecule has 2 N–H and O–H groups in total. The highest BCUT2D eigenvalue weighted by atomic mass is 32.2. The molecule has 6 nitrogen and oxygen atoms in total. The van der Waals surface area contributed by atoms with Crippen molar-refractivity contribution in [3.63, 3.8) is 0 Å². The van der Waals surface area contributed by atoms with Crippen LogP contribution in [-0.4, -0.2) is 25.4 Å². The summed E-state index contributed by atoms with van der Waals surface area (Å²) in [4.78, 5) is 12.9. The van der Waals surface area contributed by atoms with Gasteiger partial charge in [0.25, 0.3) is 0 Å². The summed E-state index contributed by atoms with van der Waals surface area (Å²) in [5.41, 5.74) is 2.34.